The Balaban J connectivity index is 2.52. The third-order valence-corrected chi connectivity index (χ3v) is 2.80. The number of aryl methyl sites for hydroxylation is 1. The quantitative estimate of drug-likeness (QED) is 0.702. The highest BCUT2D eigenvalue weighted by Gasteiger charge is 2.04. The highest BCUT2D eigenvalue weighted by atomic mass is 32.1. The van der Waals surface area contributed by atoms with Crippen LogP contribution in [0.5, 0.6) is 0 Å². The molecule has 0 amide bonds. The summed E-state index contributed by atoms with van der Waals surface area (Å²) in [7, 11) is 0. The number of rotatable bonds is 2. The molecule has 0 saturated heterocycles. The summed E-state index contributed by atoms with van der Waals surface area (Å²) < 4.78 is 0. The summed E-state index contributed by atoms with van der Waals surface area (Å²) >= 11 is 1.61. The minimum absolute atomic E-state index is 0.690. The molecule has 0 atom stereocenters. The number of benzene rings is 1. The van der Waals surface area contributed by atoms with Gasteiger partial charge in [-0.2, -0.15) is 0 Å². The van der Waals surface area contributed by atoms with Crippen molar-refractivity contribution in [2.24, 2.45) is 0 Å². The van der Waals surface area contributed by atoms with Crippen LogP contribution in [0.15, 0.2) is 29.8 Å². The number of thiazole rings is 1. The maximum absolute atomic E-state index is 10.6. The summed E-state index contributed by atoms with van der Waals surface area (Å²) in [6.07, 6.45) is 0.852. The van der Waals surface area contributed by atoms with Crippen molar-refractivity contribution in [3.63, 3.8) is 0 Å². The van der Waals surface area contributed by atoms with Gasteiger partial charge in [0.2, 0.25) is 0 Å². The Morgan fingerprint density at radius 2 is 2.29 bits per heavy atom. The number of aromatic nitrogens is 1. The van der Waals surface area contributed by atoms with E-state index in [1.165, 1.54) is 4.88 Å². The topological polar surface area (TPSA) is 30.0 Å². The Kier molecular flexibility index (Phi) is 2.41. The van der Waals surface area contributed by atoms with Gasteiger partial charge in [0.05, 0.1) is 11.2 Å². The maximum atomic E-state index is 10.6. The van der Waals surface area contributed by atoms with E-state index in [2.05, 4.69) is 4.98 Å². The number of nitrogens with zero attached hydrogens (tertiary/aromatic N) is 1. The lowest BCUT2D eigenvalue weighted by Gasteiger charge is -1.98. The third kappa shape index (κ3) is 1.59. The van der Waals surface area contributed by atoms with Crippen molar-refractivity contribution < 1.29 is 4.79 Å². The molecule has 1 aromatic carbocycles. The van der Waals surface area contributed by atoms with Crippen molar-refractivity contribution in [2.75, 3.05) is 0 Å². The number of carbonyl (C=O) groups is 1. The molecule has 1 aromatic heterocycles. The summed E-state index contributed by atoms with van der Waals surface area (Å²) in [6.45, 7) is 2.03. The molecule has 0 saturated carbocycles. The van der Waals surface area contributed by atoms with Gasteiger partial charge in [0.1, 0.15) is 6.29 Å². The average molecular weight is 203 g/mol. The Morgan fingerprint density at radius 3 is 2.93 bits per heavy atom. The van der Waals surface area contributed by atoms with E-state index in [1.54, 1.807) is 17.4 Å². The van der Waals surface area contributed by atoms with Gasteiger partial charge < -0.3 is 0 Å². The van der Waals surface area contributed by atoms with E-state index < -0.39 is 0 Å². The van der Waals surface area contributed by atoms with E-state index in [0.717, 1.165) is 17.5 Å². The van der Waals surface area contributed by atoms with E-state index in [4.69, 9.17) is 0 Å². The molecule has 2 rings (SSSR count). The summed E-state index contributed by atoms with van der Waals surface area (Å²) in [5.41, 5.74) is 4.49. The highest BCUT2D eigenvalue weighted by molar-refractivity contribution is 7.10. The van der Waals surface area contributed by atoms with Gasteiger partial charge in [-0.1, -0.05) is 18.2 Å². The number of aldehydes is 1. The van der Waals surface area contributed by atoms with Crippen molar-refractivity contribution in [3.05, 3.63) is 40.2 Å². The van der Waals surface area contributed by atoms with E-state index in [1.807, 2.05) is 30.6 Å². The first kappa shape index (κ1) is 9.09. The Bertz CT molecular complexity index is 462. The van der Waals surface area contributed by atoms with Gasteiger partial charge in [-0.3, -0.25) is 4.79 Å². The molecule has 3 heteroatoms. The number of hydrogen-bond donors (Lipinski definition) is 0. The SMILES string of the molecule is Cc1scnc1-c1cccc(C=O)c1. The molecule has 70 valence electrons. The number of carbonyl (C=O) groups excluding carboxylic acids is 1. The molecule has 2 aromatic rings. The third-order valence-electron chi connectivity index (χ3n) is 2.04. The van der Waals surface area contributed by atoms with Crippen LogP contribution in [-0.2, 0) is 0 Å². The van der Waals surface area contributed by atoms with E-state index >= 15 is 0 Å². The van der Waals surface area contributed by atoms with Crippen LogP contribution in [0.4, 0.5) is 0 Å². The van der Waals surface area contributed by atoms with Gasteiger partial charge >= 0.3 is 0 Å². The van der Waals surface area contributed by atoms with E-state index in [9.17, 15) is 4.79 Å². The van der Waals surface area contributed by atoms with Gasteiger partial charge in [0, 0.05) is 16.0 Å². The zero-order valence-electron chi connectivity index (χ0n) is 7.73. The fourth-order valence-electron chi connectivity index (χ4n) is 1.34. The highest BCUT2D eigenvalue weighted by Crippen LogP contribution is 2.24. The van der Waals surface area contributed by atoms with Crippen LogP contribution >= 0.6 is 11.3 Å². The fourth-order valence-corrected chi connectivity index (χ4v) is 1.94. The monoisotopic (exact) mass is 203 g/mol. The van der Waals surface area contributed by atoms with Crippen molar-refractivity contribution in [1.29, 1.82) is 0 Å². The molecule has 0 aliphatic heterocycles. The minimum Gasteiger partial charge on any atom is -0.298 e. The van der Waals surface area contributed by atoms with Gasteiger partial charge in [-0.25, -0.2) is 4.98 Å². The summed E-state index contributed by atoms with van der Waals surface area (Å²) in [4.78, 5) is 16.0. The van der Waals surface area contributed by atoms with Crippen LogP contribution in [0.1, 0.15) is 15.2 Å². The van der Waals surface area contributed by atoms with Crippen LogP contribution in [0, 0.1) is 6.92 Å². The predicted molar refractivity (Wildman–Crippen MR) is 57.7 cm³/mol. The van der Waals surface area contributed by atoms with Crippen LogP contribution in [0.25, 0.3) is 11.3 Å². The molecule has 0 radical (unpaired) electrons. The summed E-state index contributed by atoms with van der Waals surface area (Å²) in [5, 5.41) is 0. The van der Waals surface area contributed by atoms with Gasteiger partial charge in [-0.15, -0.1) is 11.3 Å². The molecular formula is C11H9NOS. The van der Waals surface area contributed by atoms with Crippen LogP contribution in [0.2, 0.25) is 0 Å². The minimum atomic E-state index is 0.690. The average Bonchev–Trinajstić information content (AvgIpc) is 2.65. The standard InChI is InChI=1S/C11H9NOS/c1-8-11(12-7-14-8)10-4-2-3-9(5-10)6-13/h2-7H,1H3. The lowest BCUT2D eigenvalue weighted by Crippen LogP contribution is -1.83. The van der Waals surface area contributed by atoms with Crippen LogP contribution < -0.4 is 0 Å². The molecule has 0 fully saturated rings. The van der Waals surface area contributed by atoms with Gasteiger partial charge in [-0.05, 0) is 13.0 Å². The summed E-state index contributed by atoms with van der Waals surface area (Å²) in [6, 6.07) is 7.49. The van der Waals surface area contributed by atoms with Crippen molar-refractivity contribution in [3.8, 4) is 11.3 Å². The largest absolute Gasteiger partial charge is 0.298 e. The molecular weight excluding hydrogens is 194 g/mol. The second kappa shape index (κ2) is 3.72. The van der Waals surface area contributed by atoms with Crippen LogP contribution in [-0.4, -0.2) is 11.3 Å². The normalized spacial score (nSPS) is 10.1. The fraction of sp³-hybridized carbons (Fsp3) is 0.0909. The maximum Gasteiger partial charge on any atom is 0.150 e. The zero-order chi connectivity index (χ0) is 9.97. The first-order valence-corrected chi connectivity index (χ1v) is 5.15. The molecule has 2 nitrogen and oxygen atoms in total. The predicted octanol–water partition coefficient (Wildman–Crippen LogP) is 2.93. The van der Waals surface area contributed by atoms with Crippen molar-refractivity contribution in [1.82, 2.24) is 4.98 Å². The first-order chi connectivity index (χ1) is 6.81. The van der Waals surface area contributed by atoms with E-state index in [-0.39, 0.29) is 0 Å². The molecule has 1 heterocycles. The van der Waals surface area contributed by atoms with Crippen molar-refractivity contribution >= 4 is 17.6 Å². The first-order valence-electron chi connectivity index (χ1n) is 4.27. The van der Waals surface area contributed by atoms with Gasteiger partial charge in [0.15, 0.2) is 0 Å². The summed E-state index contributed by atoms with van der Waals surface area (Å²) in [5.74, 6) is 0. The Labute approximate surface area is 86.2 Å². The molecule has 0 spiro atoms. The Hall–Kier alpha value is -1.48. The molecule has 14 heavy (non-hydrogen) atoms. The second-order valence-corrected chi connectivity index (χ2v) is 4.06. The molecule has 0 aliphatic rings. The van der Waals surface area contributed by atoms with E-state index in [0.29, 0.717) is 5.56 Å². The van der Waals surface area contributed by atoms with Gasteiger partial charge in [0.25, 0.3) is 0 Å². The second-order valence-electron chi connectivity index (χ2n) is 3.00. The van der Waals surface area contributed by atoms with Crippen molar-refractivity contribution in [2.45, 2.75) is 6.92 Å². The lowest BCUT2D eigenvalue weighted by molar-refractivity contribution is 0.112. The zero-order valence-corrected chi connectivity index (χ0v) is 8.54. The molecule has 0 bridgehead atoms. The lowest BCUT2D eigenvalue weighted by atomic mass is 10.1. The molecule has 0 unspecified atom stereocenters. The smallest absolute Gasteiger partial charge is 0.150 e. The Morgan fingerprint density at radius 1 is 1.43 bits per heavy atom. The number of hydrogen-bond acceptors (Lipinski definition) is 3. The molecule has 0 aliphatic carbocycles. The molecule has 0 N–H and O–H groups in total. The van der Waals surface area contributed by atoms with Crippen LogP contribution in [0.3, 0.4) is 0 Å².